The Morgan fingerprint density at radius 1 is 0.941 bits per heavy atom. The van der Waals surface area contributed by atoms with Gasteiger partial charge in [0.2, 0.25) is 0 Å². The molecular weight excluding hydrogens is 222 g/mol. The molecule has 0 aliphatic rings. The minimum atomic E-state index is -0.879. The number of fused-ring (bicyclic) bond motifs is 1. The summed E-state index contributed by atoms with van der Waals surface area (Å²) in [5, 5.41) is 0. The summed E-state index contributed by atoms with van der Waals surface area (Å²) >= 11 is 0. The first kappa shape index (κ1) is 9.96. The Morgan fingerprint density at radius 3 is 2.41 bits per heavy atom. The summed E-state index contributed by atoms with van der Waals surface area (Å²) < 4.78 is 28.0. The molecule has 84 valence electrons. The van der Waals surface area contributed by atoms with E-state index in [2.05, 4.69) is 4.98 Å². The van der Waals surface area contributed by atoms with Gasteiger partial charge in [-0.1, -0.05) is 18.2 Å². The molecule has 1 heterocycles. The third kappa shape index (κ3) is 1.58. The predicted molar refractivity (Wildman–Crippen MR) is 61.0 cm³/mol. The molecule has 3 aromatic rings. The molecule has 1 aromatic heterocycles. The van der Waals surface area contributed by atoms with E-state index in [0.29, 0.717) is 11.0 Å². The summed E-state index contributed by atoms with van der Waals surface area (Å²) in [6.07, 6.45) is 1.55. The lowest BCUT2D eigenvalue weighted by Gasteiger charge is -2.03. The van der Waals surface area contributed by atoms with Crippen molar-refractivity contribution in [3.63, 3.8) is 0 Å². The van der Waals surface area contributed by atoms with E-state index in [0.717, 1.165) is 17.8 Å². The predicted octanol–water partition coefficient (Wildman–Crippen LogP) is 3.30. The van der Waals surface area contributed by atoms with Gasteiger partial charge >= 0.3 is 0 Å². The van der Waals surface area contributed by atoms with E-state index in [1.807, 2.05) is 30.3 Å². The average molecular weight is 230 g/mol. The Kier molecular flexibility index (Phi) is 2.14. The van der Waals surface area contributed by atoms with Crippen LogP contribution in [0.1, 0.15) is 0 Å². The smallest absolute Gasteiger partial charge is 0.161 e. The molecule has 0 saturated carbocycles. The highest BCUT2D eigenvalue weighted by molar-refractivity contribution is 5.77. The average Bonchev–Trinajstić information content (AvgIpc) is 2.74. The van der Waals surface area contributed by atoms with Crippen LogP contribution in [0.3, 0.4) is 0 Å². The number of imidazole rings is 1. The van der Waals surface area contributed by atoms with Crippen molar-refractivity contribution in [3.8, 4) is 5.69 Å². The van der Waals surface area contributed by atoms with Crippen LogP contribution in [-0.2, 0) is 0 Å². The number of halogens is 2. The first-order valence-electron chi connectivity index (χ1n) is 5.13. The second-order valence-corrected chi connectivity index (χ2v) is 3.71. The Balaban J connectivity index is 2.29. The van der Waals surface area contributed by atoms with Gasteiger partial charge in [-0.25, -0.2) is 13.8 Å². The first-order valence-corrected chi connectivity index (χ1v) is 5.13. The van der Waals surface area contributed by atoms with Crippen molar-refractivity contribution in [2.24, 2.45) is 0 Å². The van der Waals surface area contributed by atoms with E-state index < -0.39 is 11.6 Å². The molecule has 0 saturated heterocycles. The molecule has 0 fully saturated rings. The number of nitrogens with zero attached hydrogens (tertiary/aromatic N) is 2. The maximum atomic E-state index is 13.2. The van der Waals surface area contributed by atoms with E-state index >= 15 is 0 Å². The van der Waals surface area contributed by atoms with Crippen LogP contribution in [0.2, 0.25) is 0 Å². The monoisotopic (exact) mass is 230 g/mol. The van der Waals surface area contributed by atoms with Gasteiger partial charge in [-0.15, -0.1) is 0 Å². The molecule has 4 heteroatoms. The standard InChI is InChI=1S/C13H8F2N2/c14-10-6-12-13(7-11(10)15)17(8-16-12)9-4-2-1-3-5-9/h1-8H. The van der Waals surface area contributed by atoms with Crippen LogP contribution in [-0.4, -0.2) is 9.55 Å². The van der Waals surface area contributed by atoms with Crippen molar-refractivity contribution in [3.05, 3.63) is 60.4 Å². The SMILES string of the molecule is Fc1cc2ncn(-c3ccccc3)c2cc1F. The molecule has 2 aromatic carbocycles. The number of rotatable bonds is 1. The van der Waals surface area contributed by atoms with E-state index in [-0.39, 0.29) is 0 Å². The minimum absolute atomic E-state index is 0.438. The quantitative estimate of drug-likeness (QED) is 0.627. The Bertz CT molecular complexity index is 674. The molecule has 0 N–H and O–H groups in total. The van der Waals surface area contributed by atoms with Crippen LogP contribution in [0.15, 0.2) is 48.8 Å². The highest BCUT2D eigenvalue weighted by Crippen LogP contribution is 2.20. The molecule has 3 rings (SSSR count). The van der Waals surface area contributed by atoms with Crippen molar-refractivity contribution in [1.29, 1.82) is 0 Å². The number of hydrogen-bond donors (Lipinski definition) is 0. The molecule has 17 heavy (non-hydrogen) atoms. The highest BCUT2D eigenvalue weighted by atomic mass is 19.2. The maximum Gasteiger partial charge on any atom is 0.161 e. The van der Waals surface area contributed by atoms with Gasteiger partial charge in [0.1, 0.15) is 6.33 Å². The van der Waals surface area contributed by atoms with Crippen molar-refractivity contribution in [2.45, 2.75) is 0 Å². The molecule has 0 atom stereocenters. The number of aromatic nitrogens is 2. The second kappa shape index (κ2) is 3.66. The highest BCUT2D eigenvalue weighted by Gasteiger charge is 2.09. The number of benzene rings is 2. The van der Waals surface area contributed by atoms with Gasteiger partial charge in [-0.05, 0) is 12.1 Å². The Hall–Kier alpha value is -2.23. The Labute approximate surface area is 96.1 Å². The molecular formula is C13H8F2N2. The van der Waals surface area contributed by atoms with Crippen molar-refractivity contribution in [2.75, 3.05) is 0 Å². The summed E-state index contributed by atoms with van der Waals surface area (Å²) in [4.78, 5) is 4.05. The van der Waals surface area contributed by atoms with E-state index in [1.165, 1.54) is 0 Å². The molecule has 2 nitrogen and oxygen atoms in total. The lowest BCUT2D eigenvalue weighted by molar-refractivity contribution is 0.510. The molecule has 0 aliphatic carbocycles. The minimum Gasteiger partial charge on any atom is -0.299 e. The summed E-state index contributed by atoms with van der Waals surface area (Å²) in [7, 11) is 0. The fourth-order valence-electron chi connectivity index (χ4n) is 1.80. The fraction of sp³-hybridized carbons (Fsp3) is 0. The van der Waals surface area contributed by atoms with E-state index in [9.17, 15) is 8.78 Å². The molecule has 0 radical (unpaired) electrons. The Morgan fingerprint density at radius 2 is 1.65 bits per heavy atom. The van der Waals surface area contributed by atoms with E-state index in [1.54, 1.807) is 10.9 Å². The lowest BCUT2D eigenvalue weighted by Crippen LogP contribution is -1.92. The topological polar surface area (TPSA) is 17.8 Å². The van der Waals surface area contributed by atoms with Gasteiger partial charge in [0.05, 0.1) is 11.0 Å². The van der Waals surface area contributed by atoms with Crippen LogP contribution < -0.4 is 0 Å². The summed E-state index contributed by atoms with van der Waals surface area (Å²) in [5.41, 5.74) is 1.85. The van der Waals surface area contributed by atoms with Gasteiger partial charge < -0.3 is 0 Å². The number of hydrogen-bond acceptors (Lipinski definition) is 1. The zero-order valence-corrected chi connectivity index (χ0v) is 8.77. The van der Waals surface area contributed by atoms with Crippen LogP contribution in [0.25, 0.3) is 16.7 Å². The van der Waals surface area contributed by atoms with Crippen LogP contribution >= 0.6 is 0 Å². The van der Waals surface area contributed by atoms with Gasteiger partial charge in [0.15, 0.2) is 11.6 Å². The zero-order valence-electron chi connectivity index (χ0n) is 8.77. The third-order valence-corrected chi connectivity index (χ3v) is 2.62. The van der Waals surface area contributed by atoms with Crippen LogP contribution in [0, 0.1) is 11.6 Å². The molecule has 0 amide bonds. The molecule has 0 unspecified atom stereocenters. The lowest BCUT2D eigenvalue weighted by atomic mass is 10.2. The summed E-state index contributed by atoms with van der Waals surface area (Å²) in [6, 6.07) is 11.7. The molecule has 0 bridgehead atoms. The normalized spacial score (nSPS) is 10.9. The van der Waals surface area contributed by atoms with Crippen LogP contribution in [0.4, 0.5) is 8.78 Å². The van der Waals surface area contributed by atoms with Gasteiger partial charge in [0.25, 0.3) is 0 Å². The van der Waals surface area contributed by atoms with E-state index in [4.69, 9.17) is 0 Å². The second-order valence-electron chi connectivity index (χ2n) is 3.71. The zero-order chi connectivity index (χ0) is 11.8. The van der Waals surface area contributed by atoms with Crippen LogP contribution in [0.5, 0.6) is 0 Å². The molecule has 0 aliphatic heterocycles. The number of para-hydroxylation sites is 1. The van der Waals surface area contributed by atoms with Gasteiger partial charge in [-0.2, -0.15) is 0 Å². The van der Waals surface area contributed by atoms with Crippen molar-refractivity contribution < 1.29 is 8.78 Å². The van der Waals surface area contributed by atoms with Gasteiger partial charge in [-0.3, -0.25) is 4.57 Å². The largest absolute Gasteiger partial charge is 0.299 e. The molecule has 0 spiro atoms. The van der Waals surface area contributed by atoms with Gasteiger partial charge in [0, 0.05) is 17.8 Å². The maximum absolute atomic E-state index is 13.2. The summed E-state index contributed by atoms with van der Waals surface area (Å²) in [5.74, 6) is -1.74. The summed E-state index contributed by atoms with van der Waals surface area (Å²) in [6.45, 7) is 0. The van der Waals surface area contributed by atoms with Crippen molar-refractivity contribution >= 4 is 11.0 Å². The van der Waals surface area contributed by atoms with Crippen molar-refractivity contribution in [1.82, 2.24) is 9.55 Å². The third-order valence-electron chi connectivity index (χ3n) is 2.62. The fourth-order valence-corrected chi connectivity index (χ4v) is 1.80. The first-order chi connectivity index (χ1) is 8.25.